The first-order valence-electron chi connectivity index (χ1n) is 5.55. The maximum Gasteiger partial charge on any atom is 0.145 e. The second-order valence-corrected chi connectivity index (χ2v) is 5.91. The van der Waals surface area contributed by atoms with E-state index in [1.807, 2.05) is 6.92 Å². The molecule has 0 aromatic rings. The minimum absolute atomic E-state index is 0.166. The molecule has 0 N–H and O–H groups in total. The van der Waals surface area contributed by atoms with E-state index >= 15 is 0 Å². The fourth-order valence-electron chi connectivity index (χ4n) is 4.27. The molecule has 0 aromatic heterocycles. The first kappa shape index (κ1) is 8.63. The van der Waals surface area contributed by atoms with Crippen LogP contribution in [0.15, 0.2) is 0 Å². The molecule has 4 fully saturated rings. The zero-order valence-corrected chi connectivity index (χ0v) is 8.80. The van der Waals surface area contributed by atoms with E-state index in [4.69, 9.17) is 0 Å². The Bertz CT molecular complexity index is 346. The second-order valence-electron chi connectivity index (χ2n) is 5.91. The summed E-state index contributed by atoms with van der Waals surface area (Å²) < 4.78 is 0. The lowest BCUT2D eigenvalue weighted by Crippen LogP contribution is -2.53. The number of hydrogen-bond acceptors (Lipinski definition) is 2. The second kappa shape index (κ2) is 2.12. The third-order valence-corrected chi connectivity index (χ3v) is 5.00. The molecule has 4 aliphatic rings. The van der Waals surface area contributed by atoms with Crippen molar-refractivity contribution in [2.45, 2.75) is 39.5 Å². The number of carbonyl (C=O) groups excluding carboxylic acids is 2. The topological polar surface area (TPSA) is 34.1 Å². The van der Waals surface area contributed by atoms with Gasteiger partial charge in [-0.05, 0) is 25.2 Å². The molecule has 0 heterocycles. The summed E-state index contributed by atoms with van der Waals surface area (Å²) in [6.45, 7) is 4.09. The highest BCUT2D eigenvalue weighted by Crippen LogP contribution is 2.64. The summed E-state index contributed by atoms with van der Waals surface area (Å²) in [6, 6.07) is 0. The predicted octanol–water partition coefficient (Wildman–Crippen LogP) is 1.97. The van der Waals surface area contributed by atoms with Gasteiger partial charge >= 0.3 is 0 Å². The maximum atomic E-state index is 12.3. The van der Waals surface area contributed by atoms with Crippen molar-refractivity contribution in [3.63, 3.8) is 0 Å². The van der Waals surface area contributed by atoms with Crippen molar-refractivity contribution >= 4 is 11.6 Å². The summed E-state index contributed by atoms with van der Waals surface area (Å²) in [5.74, 6) is 1.33. The minimum Gasteiger partial charge on any atom is -0.299 e. The van der Waals surface area contributed by atoms with Crippen LogP contribution in [0.4, 0.5) is 0 Å². The van der Waals surface area contributed by atoms with Gasteiger partial charge in [0, 0.05) is 23.2 Å². The van der Waals surface area contributed by atoms with Crippen LogP contribution < -0.4 is 0 Å². The molecular formula is C12H16O2. The molecule has 0 amide bonds. The van der Waals surface area contributed by atoms with Crippen LogP contribution in [0.5, 0.6) is 0 Å². The Kier molecular flexibility index (Phi) is 1.31. The molecule has 4 atom stereocenters. The van der Waals surface area contributed by atoms with Crippen LogP contribution in [0.25, 0.3) is 0 Å². The first-order valence-corrected chi connectivity index (χ1v) is 5.55. The van der Waals surface area contributed by atoms with Gasteiger partial charge in [-0.2, -0.15) is 0 Å². The standard InChI is InChI=1S/C12H16O2/c1-11-4-3-8-7(5-11)9(13)6-12(8,2)10(11)14/h7-8H,3-6H2,1-2H3. The normalized spacial score (nSPS) is 55.6. The SMILES string of the molecule is CC12CCC3C(C1)C(=O)CC3(C)C2=O. The maximum absolute atomic E-state index is 12.3. The largest absolute Gasteiger partial charge is 0.299 e. The predicted molar refractivity (Wildman–Crippen MR) is 51.7 cm³/mol. The van der Waals surface area contributed by atoms with Crippen LogP contribution in [0.2, 0.25) is 0 Å². The Morgan fingerprint density at radius 2 is 2.00 bits per heavy atom. The number of hydrogen-bond donors (Lipinski definition) is 0. The van der Waals surface area contributed by atoms with E-state index in [0.29, 0.717) is 23.9 Å². The van der Waals surface area contributed by atoms with E-state index in [1.54, 1.807) is 0 Å². The highest BCUT2D eigenvalue weighted by atomic mass is 16.1. The van der Waals surface area contributed by atoms with Gasteiger partial charge in [-0.3, -0.25) is 9.59 Å². The molecule has 0 saturated heterocycles. The zero-order valence-electron chi connectivity index (χ0n) is 8.80. The lowest BCUT2D eigenvalue weighted by molar-refractivity contribution is -0.153. The van der Waals surface area contributed by atoms with Crippen LogP contribution in [-0.2, 0) is 9.59 Å². The molecular weight excluding hydrogens is 176 g/mol. The van der Waals surface area contributed by atoms with Crippen molar-refractivity contribution in [2.24, 2.45) is 22.7 Å². The van der Waals surface area contributed by atoms with Crippen molar-refractivity contribution in [2.75, 3.05) is 0 Å². The summed E-state index contributed by atoms with van der Waals surface area (Å²) in [6.07, 6.45) is 3.46. The Morgan fingerprint density at radius 1 is 1.29 bits per heavy atom. The fourth-order valence-corrected chi connectivity index (χ4v) is 4.27. The Balaban J connectivity index is 2.17. The third-order valence-electron chi connectivity index (χ3n) is 5.00. The molecule has 4 rings (SSSR count). The molecule has 2 heteroatoms. The van der Waals surface area contributed by atoms with Gasteiger partial charge in [0.2, 0.25) is 0 Å². The summed E-state index contributed by atoms with van der Waals surface area (Å²) in [5, 5.41) is 0. The van der Waals surface area contributed by atoms with E-state index in [9.17, 15) is 9.59 Å². The quantitative estimate of drug-likeness (QED) is 0.588. The van der Waals surface area contributed by atoms with E-state index in [-0.39, 0.29) is 16.7 Å². The van der Waals surface area contributed by atoms with Gasteiger partial charge in [0.1, 0.15) is 11.6 Å². The van der Waals surface area contributed by atoms with Crippen molar-refractivity contribution in [3.05, 3.63) is 0 Å². The van der Waals surface area contributed by atoms with Gasteiger partial charge in [0.15, 0.2) is 0 Å². The number of Topliss-reactive ketones (excluding diaryl/α,β-unsaturated/α-hetero) is 2. The van der Waals surface area contributed by atoms with Crippen molar-refractivity contribution in [1.82, 2.24) is 0 Å². The van der Waals surface area contributed by atoms with Crippen molar-refractivity contribution in [1.29, 1.82) is 0 Å². The van der Waals surface area contributed by atoms with E-state index in [0.717, 1.165) is 19.3 Å². The van der Waals surface area contributed by atoms with Gasteiger partial charge in [-0.15, -0.1) is 0 Å². The lowest BCUT2D eigenvalue weighted by Gasteiger charge is -2.51. The number of rotatable bonds is 0. The fraction of sp³-hybridized carbons (Fsp3) is 0.833. The molecule has 0 spiro atoms. The van der Waals surface area contributed by atoms with Crippen molar-refractivity contribution in [3.8, 4) is 0 Å². The van der Waals surface area contributed by atoms with Gasteiger partial charge < -0.3 is 0 Å². The molecule has 4 saturated carbocycles. The molecule has 76 valence electrons. The average Bonchev–Trinajstić information content (AvgIpc) is 2.34. The molecule has 4 bridgehead atoms. The highest BCUT2D eigenvalue weighted by Gasteiger charge is 2.66. The smallest absolute Gasteiger partial charge is 0.145 e. The Morgan fingerprint density at radius 3 is 2.71 bits per heavy atom. The molecule has 0 aliphatic heterocycles. The van der Waals surface area contributed by atoms with Gasteiger partial charge in [0.25, 0.3) is 0 Å². The lowest BCUT2D eigenvalue weighted by atomic mass is 9.50. The van der Waals surface area contributed by atoms with Gasteiger partial charge in [-0.1, -0.05) is 13.8 Å². The minimum atomic E-state index is -0.285. The summed E-state index contributed by atoms with van der Waals surface area (Å²) in [7, 11) is 0. The summed E-state index contributed by atoms with van der Waals surface area (Å²) in [4.78, 5) is 24.1. The van der Waals surface area contributed by atoms with Crippen LogP contribution in [0, 0.1) is 22.7 Å². The van der Waals surface area contributed by atoms with Crippen LogP contribution in [-0.4, -0.2) is 11.6 Å². The molecule has 14 heavy (non-hydrogen) atoms. The van der Waals surface area contributed by atoms with Gasteiger partial charge in [0.05, 0.1) is 0 Å². The summed E-state index contributed by atoms with van der Waals surface area (Å²) in [5.41, 5.74) is -0.451. The van der Waals surface area contributed by atoms with Gasteiger partial charge in [-0.25, -0.2) is 0 Å². The zero-order chi connectivity index (χ0) is 10.1. The molecule has 0 radical (unpaired) electrons. The Hall–Kier alpha value is -0.660. The van der Waals surface area contributed by atoms with Crippen LogP contribution in [0.3, 0.4) is 0 Å². The first-order chi connectivity index (χ1) is 6.47. The van der Waals surface area contributed by atoms with E-state index in [2.05, 4.69) is 6.92 Å². The average molecular weight is 192 g/mol. The van der Waals surface area contributed by atoms with Crippen LogP contribution in [0.1, 0.15) is 39.5 Å². The van der Waals surface area contributed by atoms with Crippen molar-refractivity contribution < 1.29 is 9.59 Å². The molecule has 4 aliphatic carbocycles. The molecule has 2 nitrogen and oxygen atoms in total. The number of ketones is 2. The van der Waals surface area contributed by atoms with E-state index in [1.165, 1.54) is 0 Å². The summed E-state index contributed by atoms with van der Waals surface area (Å²) >= 11 is 0. The molecule has 4 unspecified atom stereocenters. The molecule has 0 aromatic carbocycles. The third kappa shape index (κ3) is 0.709. The number of carbonyl (C=O) groups is 2. The van der Waals surface area contributed by atoms with Crippen LogP contribution >= 0.6 is 0 Å². The van der Waals surface area contributed by atoms with E-state index < -0.39 is 0 Å². The highest BCUT2D eigenvalue weighted by molar-refractivity contribution is 6.01. The monoisotopic (exact) mass is 192 g/mol. The Labute approximate surface area is 84.1 Å². The number of fused-ring (bicyclic) bond motifs is 1.